The molecule has 0 fully saturated rings. The number of nitrogens with zero attached hydrogens (tertiary/aromatic N) is 1. The van der Waals surface area contributed by atoms with Gasteiger partial charge in [0.25, 0.3) is 0 Å². The van der Waals surface area contributed by atoms with Gasteiger partial charge in [0, 0.05) is 18.5 Å². The number of fused-ring (bicyclic) bond motifs is 1. The van der Waals surface area contributed by atoms with Gasteiger partial charge in [0.2, 0.25) is 5.91 Å². The van der Waals surface area contributed by atoms with Gasteiger partial charge in [-0.05, 0) is 38.8 Å². The molecule has 2 rings (SSSR count). The van der Waals surface area contributed by atoms with Crippen LogP contribution >= 0.6 is 36.2 Å². The number of hydrogen-bond acceptors (Lipinski definition) is 4. The lowest BCUT2D eigenvalue weighted by Gasteiger charge is -2.24. The van der Waals surface area contributed by atoms with Crippen molar-refractivity contribution in [2.24, 2.45) is 5.73 Å². The molecule has 0 saturated carbocycles. The van der Waals surface area contributed by atoms with Gasteiger partial charge in [-0.3, -0.25) is 4.79 Å². The number of amides is 1. The number of aryl methyl sites for hydroxylation is 1. The summed E-state index contributed by atoms with van der Waals surface area (Å²) in [5.74, 6) is 0.0570. The van der Waals surface area contributed by atoms with Crippen LogP contribution in [0.15, 0.2) is 24.3 Å². The molecule has 0 aliphatic rings. The molecule has 1 amide bonds. The van der Waals surface area contributed by atoms with Gasteiger partial charge in [-0.15, -0.1) is 36.2 Å². The third-order valence-corrected chi connectivity index (χ3v) is 4.22. The molecule has 1 aromatic carbocycles. The quantitative estimate of drug-likeness (QED) is 0.826. The van der Waals surface area contributed by atoms with Gasteiger partial charge in [0.1, 0.15) is 0 Å². The van der Waals surface area contributed by atoms with Crippen LogP contribution in [0.5, 0.6) is 0 Å². The summed E-state index contributed by atoms with van der Waals surface area (Å²) in [6.07, 6.45) is 2.17. The molecule has 124 valence electrons. The molecule has 0 aliphatic carbocycles. The number of nitrogens with two attached hydrogens (primary N) is 1. The number of thiazole rings is 1. The lowest BCUT2D eigenvalue weighted by atomic mass is 10.1. The highest BCUT2D eigenvalue weighted by atomic mass is 35.5. The number of halogens is 2. The van der Waals surface area contributed by atoms with E-state index in [9.17, 15) is 4.79 Å². The Morgan fingerprint density at radius 1 is 1.32 bits per heavy atom. The number of rotatable bonds is 6. The number of benzene rings is 1. The minimum atomic E-state index is -0.326. The number of para-hydroxylation sites is 1. The van der Waals surface area contributed by atoms with Gasteiger partial charge in [-0.2, -0.15) is 0 Å². The van der Waals surface area contributed by atoms with Crippen LogP contribution in [0.4, 0.5) is 0 Å². The summed E-state index contributed by atoms with van der Waals surface area (Å²) in [5.41, 5.74) is 6.31. The average Bonchev–Trinajstić information content (AvgIpc) is 2.80. The van der Waals surface area contributed by atoms with Crippen LogP contribution in [-0.2, 0) is 11.2 Å². The minimum absolute atomic E-state index is 0. The minimum Gasteiger partial charge on any atom is -0.350 e. The van der Waals surface area contributed by atoms with Gasteiger partial charge >= 0.3 is 0 Å². The number of carbonyl (C=O) groups excluding carboxylic acids is 1. The number of nitrogens with one attached hydrogen (secondary N) is 1. The Kier molecular flexibility index (Phi) is 8.93. The number of carbonyl (C=O) groups is 1. The average molecular weight is 364 g/mol. The maximum absolute atomic E-state index is 11.8. The molecular formula is C15H23Cl2N3OS. The summed E-state index contributed by atoms with van der Waals surface area (Å²) in [6, 6.07) is 8.11. The summed E-state index contributed by atoms with van der Waals surface area (Å²) in [4.78, 5) is 16.4. The Hall–Kier alpha value is -0.880. The summed E-state index contributed by atoms with van der Waals surface area (Å²) in [7, 11) is 0. The van der Waals surface area contributed by atoms with E-state index in [1.54, 1.807) is 11.3 Å². The molecule has 4 nitrogen and oxygen atoms in total. The van der Waals surface area contributed by atoms with E-state index in [1.165, 1.54) is 4.70 Å². The monoisotopic (exact) mass is 363 g/mol. The second-order valence-electron chi connectivity index (χ2n) is 5.57. The summed E-state index contributed by atoms with van der Waals surface area (Å²) < 4.78 is 1.20. The fourth-order valence-corrected chi connectivity index (χ4v) is 2.93. The van der Waals surface area contributed by atoms with Crippen molar-refractivity contribution >= 4 is 52.3 Å². The van der Waals surface area contributed by atoms with E-state index in [4.69, 9.17) is 5.73 Å². The van der Waals surface area contributed by atoms with Crippen molar-refractivity contribution in [3.8, 4) is 0 Å². The van der Waals surface area contributed by atoms with Crippen LogP contribution in [-0.4, -0.2) is 23.0 Å². The Morgan fingerprint density at radius 2 is 2.00 bits per heavy atom. The van der Waals surface area contributed by atoms with Crippen molar-refractivity contribution in [2.45, 2.75) is 38.6 Å². The highest BCUT2D eigenvalue weighted by Crippen LogP contribution is 2.22. The van der Waals surface area contributed by atoms with Crippen LogP contribution in [0.2, 0.25) is 0 Å². The SMILES string of the molecule is CC(C)(CN)NC(=O)CCCc1nc2ccccc2s1.Cl.Cl. The van der Waals surface area contributed by atoms with E-state index in [1.807, 2.05) is 32.0 Å². The summed E-state index contributed by atoms with van der Waals surface area (Å²) in [5, 5.41) is 4.03. The summed E-state index contributed by atoms with van der Waals surface area (Å²) in [6.45, 7) is 4.30. The van der Waals surface area contributed by atoms with E-state index < -0.39 is 0 Å². The van der Waals surface area contributed by atoms with Crippen molar-refractivity contribution < 1.29 is 4.79 Å². The molecule has 0 spiro atoms. The molecule has 0 unspecified atom stereocenters. The number of aromatic nitrogens is 1. The van der Waals surface area contributed by atoms with Crippen LogP contribution in [0, 0.1) is 0 Å². The lowest BCUT2D eigenvalue weighted by molar-refractivity contribution is -0.122. The third kappa shape index (κ3) is 6.08. The first-order chi connectivity index (χ1) is 9.50. The first-order valence-corrected chi connectivity index (χ1v) is 7.67. The predicted molar refractivity (Wildman–Crippen MR) is 98.3 cm³/mol. The normalized spacial score (nSPS) is 10.7. The molecule has 0 aliphatic heterocycles. The van der Waals surface area contributed by atoms with Crippen LogP contribution in [0.25, 0.3) is 10.2 Å². The molecule has 2 aromatic rings. The molecule has 3 N–H and O–H groups in total. The molecule has 22 heavy (non-hydrogen) atoms. The Labute approximate surface area is 147 Å². The Morgan fingerprint density at radius 3 is 2.64 bits per heavy atom. The molecule has 0 radical (unpaired) electrons. The van der Waals surface area contributed by atoms with E-state index in [0.717, 1.165) is 23.4 Å². The molecule has 0 atom stereocenters. The van der Waals surface area contributed by atoms with Gasteiger partial charge in [-0.1, -0.05) is 12.1 Å². The van der Waals surface area contributed by atoms with Crippen molar-refractivity contribution in [1.82, 2.24) is 10.3 Å². The largest absolute Gasteiger partial charge is 0.350 e. The zero-order chi connectivity index (χ0) is 14.6. The highest BCUT2D eigenvalue weighted by molar-refractivity contribution is 7.18. The molecule has 7 heteroatoms. The first kappa shape index (κ1) is 21.1. The molecule has 0 saturated heterocycles. The van der Waals surface area contributed by atoms with Crippen molar-refractivity contribution in [3.63, 3.8) is 0 Å². The second-order valence-corrected chi connectivity index (χ2v) is 6.68. The predicted octanol–water partition coefficient (Wildman–Crippen LogP) is 3.32. The Balaban J connectivity index is 0.00000220. The van der Waals surface area contributed by atoms with Crippen molar-refractivity contribution in [3.05, 3.63) is 29.3 Å². The van der Waals surface area contributed by atoms with Gasteiger partial charge in [-0.25, -0.2) is 4.98 Å². The molecule has 1 heterocycles. The maximum Gasteiger partial charge on any atom is 0.220 e. The van der Waals surface area contributed by atoms with E-state index in [0.29, 0.717) is 13.0 Å². The molecule has 1 aromatic heterocycles. The lowest BCUT2D eigenvalue weighted by Crippen LogP contribution is -2.48. The molecular weight excluding hydrogens is 341 g/mol. The third-order valence-electron chi connectivity index (χ3n) is 3.12. The van der Waals surface area contributed by atoms with Crippen LogP contribution in [0.3, 0.4) is 0 Å². The summed E-state index contributed by atoms with van der Waals surface area (Å²) >= 11 is 1.70. The second kappa shape index (κ2) is 9.30. The smallest absolute Gasteiger partial charge is 0.220 e. The molecule has 0 bridgehead atoms. The van der Waals surface area contributed by atoms with E-state index in [-0.39, 0.29) is 36.3 Å². The fraction of sp³-hybridized carbons (Fsp3) is 0.467. The number of hydrogen-bond donors (Lipinski definition) is 2. The Bertz CT molecular complexity index is 568. The zero-order valence-electron chi connectivity index (χ0n) is 12.8. The van der Waals surface area contributed by atoms with Crippen molar-refractivity contribution in [1.29, 1.82) is 0 Å². The standard InChI is InChI=1S/C15H21N3OS.2ClH/c1-15(2,10-16)18-13(19)8-5-9-14-17-11-6-3-4-7-12(11)20-14;;/h3-4,6-7H,5,8-10,16H2,1-2H3,(H,18,19);2*1H. The fourth-order valence-electron chi connectivity index (χ4n) is 1.92. The van der Waals surface area contributed by atoms with Crippen LogP contribution in [0.1, 0.15) is 31.7 Å². The topological polar surface area (TPSA) is 68.0 Å². The van der Waals surface area contributed by atoms with E-state index in [2.05, 4.69) is 16.4 Å². The van der Waals surface area contributed by atoms with Gasteiger partial charge < -0.3 is 11.1 Å². The van der Waals surface area contributed by atoms with Gasteiger partial charge in [0.05, 0.1) is 15.2 Å². The zero-order valence-corrected chi connectivity index (χ0v) is 15.2. The highest BCUT2D eigenvalue weighted by Gasteiger charge is 2.17. The first-order valence-electron chi connectivity index (χ1n) is 6.86. The maximum atomic E-state index is 11.8. The van der Waals surface area contributed by atoms with E-state index >= 15 is 0 Å². The van der Waals surface area contributed by atoms with Gasteiger partial charge in [0.15, 0.2) is 0 Å². The van der Waals surface area contributed by atoms with Crippen molar-refractivity contribution in [2.75, 3.05) is 6.54 Å². The van der Waals surface area contributed by atoms with Crippen LogP contribution < -0.4 is 11.1 Å².